The van der Waals surface area contributed by atoms with E-state index in [0.717, 1.165) is 26.1 Å². The molecule has 3 aromatic heterocycles. The molecule has 5 heterocycles. The number of aromatic nitrogens is 3. The minimum absolute atomic E-state index is 0.0605. The number of nitrogens with zero attached hydrogens (tertiary/aromatic N) is 4. The Morgan fingerprint density at radius 1 is 1.11 bits per heavy atom. The molecule has 2 N–H and O–H groups in total. The molecule has 9 heteroatoms. The van der Waals surface area contributed by atoms with Crippen LogP contribution in [0.3, 0.4) is 0 Å². The number of hydrogen-bond donors (Lipinski definition) is 2. The summed E-state index contributed by atoms with van der Waals surface area (Å²) in [6, 6.07) is 16.4. The normalized spacial score (nSPS) is 22.1. The first-order valence-corrected chi connectivity index (χ1v) is 14.2. The van der Waals surface area contributed by atoms with E-state index in [2.05, 4.69) is 56.6 Å². The number of aliphatic hydroxyl groups is 1. The molecule has 2 saturated heterocycles. The number of fused-ring (bicyclic) bond motifs is 1. The second-order valence-electron chi connectivity index (χ2n) is 10.7. The van der Waals surface area contributed by atoms with Crippen LogP contribution < -0.4 is 5.56 Å². The third-order valence-corrected chi connectivity index (χ3v) is 9.19. The maximum absolute atomic E-state index is 13.8. The van der Waals surface area contributed by atoms with E-state index in [9.17, 15) is 14.7 Å². The summed E-state index contributed by atoms with van der Waals surface area (Å²) in [7, 11) is 0. The molecule has 2 aliphatic heterocycles. The summed E-state index contributed by atoms with van der Waals surface area (Å²) in [5.41, 5.74) is 0.638. The van der Waals surface area contributed by atoms with Gasteiger partial charge in [-0.2, -0.15) is 0 Å². The quantitative estimate of drug-likeness (QED) is 0.398. The largest absolute Gasteiger partial charge is 0.388 e. The lowest BCUT2D eigenvalue weighted by Gasteiger charge is -2.43. The Bertz CT molecular complexity index is 1440. The summed E-state index contributed by atoms with van der Waals surface area (Å²) in [6.07, 6.45) is 4.88. The van der Waals surface area contributed by atoms with E-state index < -0.39 is 5.60 Å². The zero-order valence-electron chi connectivity index (χ0n) is 21.3. The summed E-state index contributed by atoms with van der Waals surface area (Å²) in [4.78, 5) is 39.5. The van der Waals surface area contributed by atoms with Crippen LogP contribution in [0.4, 0.5) is 0 Å². The molecule has 198 valence electrons. The number of piperidine rings is 2. The number of amides is 1. The molecule has 1 aromatic carbocycles. The lowest BCUT2D eigenvalue weighted by Crippen LogP contribution is -2.53. The Balaban J connectivity index is 1.12. The van der Waals surface area contributed by atoms with Crippen molar-refractivity contribution in [3.63, 3.8) is 0 Å². The second-order valence-corrected chi connectivity index (χ2v) is 11.7. The monoisotopic (exact) mass is 531 g/mol. The van der Waals surface area contributed by atoms with Crippen molar-refractivity contribution in [3.8, 4) is 0 Å². The van der Waals surface area contributed by atoms with Gasteiger partial charge in [-0.25, -0.2) is 4.98 Å². The van der Waals surface area contributed by atoms with Gasteiger partial charge in [0.25, 0.3) is 5.56 Å². The molecule has 0 saturated carbocycles. The molecule has 8 nitrogen and oxygen atoms in total. The van der Waals surface area contributed by atoms with Crippen LogP contribution in [0.5, 0.6) is 0 Å². The van der Waals surface area contributed by atoms with Crippen LogP contribution in [0.15, 0.2) is 71.2 Å². The van der Waals surface area contributed by atoms with Gasteiger partial charge in [0.2, 0.25) is 5.91 Å². The van der Waals surface area contributed by atoms with E-state index >= 15 is 0 Å². The summed E-state index contributed by atoms with van der Waals surface area (Å²) in [5.74, 6) is 0.297. The average molecular weight is 532 g/mol. The Hall–Kier alpha value is -3.27. The molecular weight excluding hydrogens is 498 g/mol. The minimum atomic E-state index is -1.04. The first-order chi connectivity index (χ1) is 18.5. The van der Waals surface area contributed by atoms with Gasteiger partial charge in [-0.1, -0.05) is 36.4 Å². The van der Waals surface area contributed by atoms with Gasteiger partial charge in [-0.3, -0.25) is 19.1 Å². The predicted molar refractivity (Wildman–Crippen MR) is 148 cm³/mol. The zero-order valence-corrected chi connectivity index (χ0v) is 22.1. The number of aromatic amines is 1. The van der Waals surface area contributed by atoms with Gasteiger partial charge in [-0.15, -0.1) is 11.3 Å². The highest BCUT2D eigenvalue weighted by Gasteiger charge is 2.41. The molecule has 0 radical (unpaired) electrons. The summed E-state index contributed by atoms with van der Waals surface area (Å²) >= 11 is 1.73. The van der Waals surface area contributed by atoms with Crippen LogP contribution in [0, 0.1) is 5.92 Å². The molecule has 2 fully saturated rings. The van der Waals surface area contributed by atoms with Gasteiger partial charge < -0.3 is 15.0 Å². The van der Waals surface area contributed by atoms with Gasteiger partial charge in [0.05, 0.1) is 23.9 Å². The minimum Gasteiger partial charge on any atom is -0.388 e. The van der Waals surface area contributed by atoms with Gasteiger partial charge in [0, 0.05) is 49.1 Å². The Labute approximate surface area is 225 Å². The van der Waals surface area contributed by atoms with Crippen molar-refractivity contribution in [1.29, 1.82) is 0 Å². The third-order valence-electron chi connectivity index (χ3n) is 8.18. The molecule has 4 aromatic rings. The molecule has 0 bridgehead atoms. The van der Waals surface area contributed by atoms with Gasteiger partial charge in [0.15, 0.2) is 0 Å². The molecular formula is C29H33N5O3S. The lowest BCUT2D eigenvalue weighted by atomic mass is 9.82. The van der Waals surface area contributed by atoms with Crippen LogP contribution in [-0.4, -0.2) is 67.1 Å². The molecule has 1 amide bonds. The van der Waals surface area contributed by atoms with E-state index in [1.165, 1.54) is 21.3 Å². The molecule has 6 rings (SSSR count). The van der Waals surface area contributed by atoms with Crippen molar-refractivity contribution in [1.82, 2.24) is 24.3 Å². The lowest BCUT2D eigenvalue weighted by molar-refractivity contribution is -0.142. The van der Waals surface area contributed by atoms with Crippen molar-refractivity contribution in [2.24, 2.45) is 5.92 Å². The maximum Gasteiger partial charge on any atom is 0.262 e. The summed E-state index contributed by atoms with van der Waals surface area (Å²) < 4.78 is 1.49. The first kappa shape index (κ1) is 25.0. The Morgan fingerprint density at radius 3 is 2.68 bits per heavy atom. The second kappa shape index (κ2) is 10.5. The highest BCUT2D eigenvalue weighted by molar-refractivity contribution is 7.10. The van der Waals surface area contributed by atoms with E-state index in [1.807, 2.05) is 11.0 Å². The van der Waals surface area contributed by atoms with Crippen LogP contribution in [0.1, 0.15) is 35.6 Å². The number of hydrogen-bond acceptors (Lipinski definition) is 6. The van der Waals surface area contributed by atoms with E-state index in [-0.39, 0.29) is 29.8 Å². The van der Waals surface area contributed by atoms with E-state index in [0.29, 0.717) is 37.0 Å². The van der Waals surface area contributed by atoms with Crippen LogP contribution in [0.2, 0.25) is 0 Å². The zero-order chi connectivity index (χ0) is 26.1. The van der Waals surface area contributed by atoms with Crippen molar-refractivity contribution < 1.29 is 9.90 Å². The van der Waals surface area contributed by atoms with E-state index in [4.69, 9.17) is 0 Å². The number of carbonyl (C=O) groups is 1. The fraction of sp³-hybridized carbons (Fsp3) is 0.414. The molecule has 2 aliphatic rings. The molecule has 0 aliphatic carbocycles. The molecule has 0 spiro atoms. The number of nitrogens with one attached hydrogen (secondary N) is 1. The number of likely N-dealkylation sites (tertiary alicyclic amines) is 2. The van der Waals surface area contributed by atoms with Crippen molar-refractivity contribution in [3.05, 3.63) is 87.2 Å². The SMILES string of the molecule is O=C(C1CCN(Cc2ccccc2)CC1c1cccs1)N1CCC(O)(Cn2cnc3[nH]ccc3c2=O)CC1. The molecule has 38 heavy (non-hydrogen) atoms. The number of H-pyrrole nitrogens is 1. The molecule has 2 unspecified atom stereocenters. The van der Waals surface area contributed by atoms with Crippen LogP contribution >= 0.6 is 11.3 Å². The third kappa shape index (κ3) is 5.06. The summed E-state index contributed by atoms with van der Waals surface area (Å²) in [6.45, 7) is 3.81. The summed E-state index contributed by atoms with van der Waals surface area (Å²) in [5, 5.41) is 13.9. The predicted octanol–water partition coefficient (Wildman–Crippen LogP) is 3.45. The van der Waals surface area contributed by atoms with Gasteiger partial charge >= 0.3 is 0 Å². The van der Waals surface area contributed by atoms with Crippen molar-refractivity contribution in [2.75, 3.05) is 26.2 Å². The topological polar surface area (TPSA) is 94.5 Å². The van der Waals surface area contributed by atoms with Crippen molar-refractivity contribution >= 4 is 28.3 Å². The fourth-order valence-corrected chi connectivity index (χ4v) is 6.92. The molecule has 2 atom stereocenters. The van der Waals surface area contributed by atoms with Gasteiger partial charge in [0.1, 0.15) is 5.65 Å². The maximum atomic E-state index is 13.8. The van der Waals surface area contributed by atoms with Crippen LogP contribution in [-0.2, 0) is 17.9 Å². The van der Waals surface area contributed by atoms with Gasteiger partial charge in [-0.05, 0) is 48.9 Å². The highest BCUT2D eigenvalue weighted by atomic mass is 32.1. The standard InChI is InChI=1S/C29H33N5O3S/c35-27(22-9-13-32(17-21-5-2-1-3-6-21)18-24(22)25-7-4-16-38-25)33-14-10-29(37,11-15-33)19-34-20-31-26-23(28(34)36)8-12-30-26/h1-8,12,16,20,22,24,30,37H,9-11,13-15,17-19H2. The Kier molecular flexibility index (Phi) is 6.90. The number of benzene rings is 1. The average Bonchev–Trinajstić information content (AvgIpc) is 3.64. The Morgan fingerprint density at radius 2 is 1.92 bits per heavy atom. The number of rotatable bonds is 6. The number of carbonyl (C=O) groups excluding carboxylic acids is 1. The first-order valence-electron chi connectivity index (χ1n) is 13.3. The number of thiophene rings is 1. The highest BCUT2D eigenvalue weighted by Crippen LogP contribution is 2.37. The smallest absolute Gasteiger partial charge is 0.262 e. The van der Waals surface area contributed by atoms with E-state index in [1.54, 1.807) is 23.6 Å². The fourth-order valence-electron chi connectivity index (χ4n) is 6.03. The van der Waals surface area contributed by atoms with Crippen molar-refractivity contribution in [2.45, 2.75) is 43.9 Å². The van der Waals surface area contributed by atoms with Crippen LogP contribution in [0.25, 0.3) is 11.0 Å².